The normalized spacial score (nSPS) is 14.5. The number of halogens is 3. The number of benzene rings is 1. The molecule has 0 unspecified atom stereocenters. The summed E-state index contributed by atoms with van der Waals surface area (Å²) < 4.78 is 47.1. The first-order valence-electron chi connectivity index (χ1n) is 7.54. The van der Waals surface area contributed by atoms with E-state index in [2.05, 4.69) is 5.10 Å². The minimum Gasteiger partial charge on any atom is -0.461 e. The first kappa shape index (κ1) is 16.5. The molecule has 0 radical (unpaired) electrons. The van der Waals surface area contributed by atoms with Crippen molar-refractivity contribution in [1.82, 2.24) is 14.7 Å². The Morgan fingerprint density at radius 1 is 1.29 bits per heavy atom. The van der Waals surface area contributed by atoms with Crippen LogP contribution in [0.1, 0.15) is 28.7 Å². The van der Waals surface area contributed by atoms with Crippen molar-refractivity contribution in [2.75, 3.05) is 20.2 Å². The molecule has 0 atom stereocenters. The Morgan fingerprint density at radius 3 is 2.75 bits per heavy atom. The van der Waals surface area contributed by atoms with Gasteiger partial charge in [0.2, 0.25) is 0 Å². The van der Waals surface area contributed by atoms with Crippen molar-refractivity contribution in [3.63, 3.8) is 0 Å². The van der Waals surface area contributed by atoms with Crippen molar-refractivity contribution in [1.29, 1.82) is 0 Å². The van der Waals surface area contributed by atoms with Crippen molar-refractivity contribution in [3.8, 4) is 5.69 Å². The molecule has 5 nitrogen and oxygen atoms in total. The molecule has 3 rings (SSSR count). The summed E-state index contributed by atoms with van der Waals surface area (Å²) in [6, 6.07) is 1.94. The molecular weight excluding hydrogens is 323 g/mol. The largest absolute Gasteiger partial charge is 0.461 e. The summed E-state index contributed by atoms with van der Waals surface area (Å²) in [5, 5.41) is 4.13. The fourth-order valence-corrected chi connectivity index (χ4v) is 2.80. The molecule has 2 heterocycles. The predicted octanol–water partition coefficient (Wildman–Crippen LogP) is 2.45. The van der Waals surface area contributed by atoms with Crippen LogP contribution in [-0.2, 0) is 17.7 Å². The molecule has 8 heteroatoms. The highest BCUT2D eigenvalue weighted by atomic mass is 19.2. The third kappa shape index (κ3) is 2.66. The number of esters is 1. The Kier molecular flexibility index (Phi) is 4.31. The van der Waals surface area contributed by atoms with Crippen LogP contribution in [0.4, 0.5) is 13.2 Å². The van der Waals surface area contributed by atoms with Crippen LogP contribution in [0, 0.1) is 17.5 Å². The van der Waals surface area contributed by atoms with Gasteiger partial charge >= 0.3 is 5.97 Å². The molecule has 0 N–H and O–H groups in total. The third-order valence-corrected chi connectivity index (χ3v) is 3.96. The SMILES string of the molecule is CCOC(=O)c1nn(-c2ccc(F)c(F)c2F)c2c1CN(C)CC2. The molecule has 1 aliphatic rings. The van der Waals surface area contributed by atoms with Gasteiger partial charge in [0.05, 0.1) is 12.3 Å². The summed E-state index contributed by atoms with van der Waals surface area (Å²) in [6.45, 7) is 2.96. The van der Waals surface area contributed by atoms with Gasteiger partial charge in [0.1, 0.15) is 5.69 Å². The number of ether oxygens (including phenoxy) is 1. The Hall–Kier alpha value is -2.35. The summed E-state index contributed by atoms with van der Waals surface area (Å²) in [5.74, 6) is -4.80. The first-order valence-corrected chi connectivity index (χ1v) is 7.54. The van der Waals surface area contributed by atoms with E-state index in [1.165, 1.54) is 4.68 Å². The average molecular weight is 339 g/mol. The lowest BCUT2D eigenvalue weighted by molar-refractivity contribution is 0.0516. The van der Waals surface area contributed by atoms with E-state index < -0.39 is 23.4 Å². The number of rotatable bonds is 3. The second-order valence-electron chi connectivity index (χ2n) is 5.59. The predicted molar refractivity (Wildman–Crippen MR) is 79.4 cm³/mol. The lowest BCUT2D eigenvalue weighted by Gasteiger charge is -2.23. The fourth-order valence-electron chi connectivity index (χ4n) is 2.80. The maximum absolute atomic E-state index is 14.2. The minimum absolute atomic E-state index is 0.0718. The summed E-state index contributed by atoms with van der Waals surface area (Å²) >= 11 is 0. The highest BCUT2D eigenvalue weighted by Crippen LogP contribution is 2.27. The molecule has 1 aromatic heterocycles. The molecule has 0 fully saturated rings. The molecule has 0 spiro atoms. The summed E-state index contributed by atoms with van der Waals surface area (Å²) in [5.41, 5.74) is 1.06. The van der Waals surface area contributed by atoms with E-state index >= 15 is 0 Å². The molecule has 0 amide bonds. The Balaban J connectivity index is 2.18. The van der Waals surface area contributed by atoms with Crippen LogP contribution in [-0.4, -0.2) is 40.8 Å². The van der Waals surface area contributed by atoms with Gasteiger partial charge in [0.25, 0.3) is 0 Å². The molecule has 2 aromatic rings. The number of nitrogens with zero attached hydrogens (tertiary/aromatic N) is 3. The summed E-state index contributed by atoms with van der Waals surface area (Å²) in [4.78, 5) is 14.1. The van der Waals surface area contributed by atoms with Crippen LogP contribution >= 0.6 is 0 Å². The van der Waals surface area contributed by atoms with Crippen molar-refractivity contribution in [2.24, 2.45) is 0 Å². The molecule has 0 aliphatic carbocycles. The Morgan fingerprint density at radius 2 is 2.04 bits per heavy atom. The van der Waals surface area contributed by atoms with Gasteiger partial charge in [-0.25, -0.2) is 22.6 Å². The quantitative estimate of drug-likeness (QED) is 0.637. The molecule has 1 aliphatic heterocycles. The van der Waals surface area contributed by atoms with Gasteiger partial charge in [-0.1, -0.05) is 0 Å². The van der Waals surface area contributed by atoms with Gasteiger partial charge in [-0.3, -0.25) is 0 Å². The van der Waals surface area contributed by atoms with E-state index in [1.807, 2.05) is 11.9 Å². The third-order valence-electron chi connectivity index (χ3n) is 3.96. The van der Waals surface area contributed by atoms with Crippen molar-refractivity contribution >= 4 is 5.97 Å². The maximum atomic E-state index is 14.2. The van der Waals surface area contributed by atoms with E-state index in [9.17, 15) is 18.0 Å². The number of fused-ring (bicyclic) bond motifs is 1. The summed E-state index contributed by atoms with van der Waals surface area (Å²) in [6.07, 6.45) is 0.497. The number of aromatic nitrogens is 2. The Labute approximate surface area is 136 Å². The number of carbonyl (C=O) groups excluding carboxylic acids is 1. The highest BCUT2D eigenvalue weighted by molar-refractivity contribution is 5.89. The average Bonchev–Trinajstić information content (AvgIpc) is 2.91. The van der Waals surface area contributed by atoms with Gasteiger partial charge < -0.3 is 9.64 Å². The van der Waals surface area contributed by atoms with Crippen LogP contribution in [0.3, 0.4) is 0 Å². The highest BCUT2D eigenvalue weighted by Gasteiger charge is 2.29. The number of hydrogen-bond donors (Lipinski definition) is 0. The molecule has 0 bridgehead atoms. The second-order valence-corrected chi connectivity index (χ2v) is 5.59. The number of hydrogen-bond acceptors (Lipinski definition) is 4. The van der Waals surface area contributed by atoms with Crippen molar-refractivity contribution in [2.45, 2.75) is 19.9 Å². The van der Waals surface area contributed by atoms with Crippen LogP contribution in [0.15, 0.2) is 12.1 Å². The van der Waals surface area contributed by atoms with Gasteiger partial charge in [-0.15, -0.1) is 0 Å². The Bertz CT molecular complexity index is 804. The van der Waals surface area contributed by atoms with Gasteiger partial charge in [-0.2, -0.15) is 5.10 Å². The first-order chi connectivity index (χ1) is 11.4. The zero-order valence-corrected chi connectivity index (χ0v) is 13.3. The molecule has 1 aromatic carbocycles. The lowest BCUT2D eigenvalue weighted by Crippen LogP contribution is -2.28. The minimum atomic E-state index is -1.57. The van der Waals surface area contributed by atoms with Crippen LogP contribution in [0.2, 0.25) is 0 Å². The second kappa shape index (κ2) is 6.27. The topological polar surface area (TPSA) is 47.4 Å². The maximum Gasteiger partial charge on any atom is 0.359 e. The molecule has 128 valence electrons. The lowest BCUT2D eigenvalue weighted by atomic mass is 10.1. The van der Waals surface area contributed by atoms with Crippen LogP contribution < -0.4 is 0 Å². The standard InChI is InChI=1S/C16H16F3N3O2/c1-3-24-16(23)15-9-8-21(2)7-6-11(9)22(20-15)12-5-4-10(17)13(18)14(12)19/h4-5H,3,6-8H2,1-2H3. The van der Waals surface area contributed by atoms with E-state index in [0.29, 0.717) is 30.8 Å². The van der Waals surface area contributed by atoms with Gasteiger partial charge in [0.15, 0.2) is 23.1 Å². The zero-order chi connectivity index (χ0) is 17.4. The van der Waals surface area contributed by atoms with E-state index in [0.717, 1.165) is 12.1 Å². The monoisotopic (exact) mass is 339 g/mol. The van der Waals surface area contributed by atoms with E-state index in [-0.39, 0.29) is 18.0 Å². The van der Waals surface area contributed by atoms with Crippen LogP contribution in [0.25, 0.3) is 5.69 Å². The molecule has 0 saturated heterocycles. The molecular formula is C16H16F3N3O2. The number of carbonyl (C=O) groups is 1. The molecule has 0 saturated carbocycles. The van der Waals surface area contributed by atoms with Crippen molar-refractivity contribution < 1.29 is 22.7 Å². The van der Waals surface area contributed by atoms with Gasteiger partial charge in [-0.05, 0) is 26.1 Å². The van der Waals surface area contributed by atoms with E-state index in [4.69, 9.17) is 4.74 Å². The summed E-state index contributed by atoms with van der Waals surface area (Å²) in [7, 11) is 1.88. The fraction of sp³-hybridized carbons (Fsp3) is 0.375. The number of likely N-dealkylation sites (N-methyl/N-ethyl adjacent to an activating group) is 1. The smallest absolute Gasteiger partial charge is 0.359 e. The van der Waals surface area contributed by atoms with Crippen LogP contribution in [0.5, 0.6) is 0 Å². The van der Waals surface area contributed by atoms with Gasteiger partial charge in [0, 0.05) is 25.1 Å². The zero-order valence-electron chi connectivity index (χ0n) is 13.3. The molecule has 24 heavy (non-hydrogen) atoms. The van der Waals surface area contributed by atoms with Crippen molar-refractivity contribution in [3.05, 3.63) is 46.5 Å². The van der Waals surface area contributed by atoms with E-state index in [1.54, 1.807) is 6.92 Å².